The highest BCUT2D eigenvalue weighted by Gasteiger charge is 2.04. The Kier molecular flexibility index (Phi) is 1.35. The predicted molar refractivity (Wildman–Crippen MR) is 44.5 cm³/mol. The highest BCUT2D eigenvalue weighted by Crippen LogP contribution is 2.18. The van der Waals surface area contributed by atoms with Crippen molar-refractivity contribution in [3.8, 4) is 0 Å². The molecule has 0 radical (unpaired) electrons. The van der Waals surface area contributed by atoms with E-state index >= 15 is 0 Å². The van der Waals surface area contributed by atoms with Crippen molar-refractivity contribution < 1.29 is 4.52 Å². The lowest BCUT2D eigenvalue weighted by Gasteiger charge is -1.86. The normalized spacial score (nSPS) is 10.6. The van der Waals surface area contributed by atoms with Crippen LogP contribution >= 0.6 is 15.9 Å². The molecule has 1 aromatic heterocycles. The number of H-pyrrole nitrogens is 1. The minimum Gasteiger partial charge on any atom is -0.338 e. The topological polar surface area (TPSA) is 46.0 Å². The first kappa shape index (κ1) is 6.67. The van der Waals surface area contributed by atoms with E-state index in [2.05, 4.69) is 25.6 Å². The highest BCUT2D eigenvalue weighted by atomic mass is 79.9. The van der Waals surface area contributed by atoms with Crippen LogP contribution in [-0.2, 0) is 0 Å². The van der Waals surface area contributed by atoms with Crippen molar-refractivity contribution in [2.75, 3.05) is 0 Å². The number of rotatable bonds is 0. The molecule has 0 fully saturated rings. The third kappa shape index (κ3) is 0.903. The van der Waals surface area contributed by atoms with Gasteiger partial charge in [0.1, 0.15) is 5.39 Å². The van der Waals surface area contributed by atoms with Crippen LogP contribution in [0.25, 0.3) is 10.9 Å². The van der Waals surface area contributed by atoms with Gasteiger partial charge in [-0.05, 0) is 28.1 Å². The summed E-state index contributed by atoms with van der Waals surface area (Å²) in [4.78, 5) is 11.0. The number of nitrogens with one attached hydrogen (secondary N) is 1. The van der Waals surface area contributed by atoms with Crippen LogP contribution in [0, 0.1) is 0 Å². The first-order valence-corrected chi connectivity index (χ1v) is 3.84. The van der Waals surface area contributed by atoms with Crippen molar-refractivity contribution >= 4 is 26.8 Å². The van der Waals surface area contributed by atoms with Crippen molar-refractivity contribution in [1.29, 1.82) is 0 Å². The van der Waals surface area contributed by atoms with E-state index in [1.807, 2.05) is 6.07 Å². The molecule has 2 rings (SSSR count). The van der Waals surface area contributed by atoms with Gasteiger partial charge >= 0.3 is 5.63 Å². The van der Waals surface area contributed by atoms with Crippen LogP contribution in [0.1, 0.15) is 0 Å². The maximum Gasteiger partial charge on any atom is 0.366 e. The molecule has 3 nitrogen and oxygen atoms in total. The van der Waals surface area contributed by atoms with Gasteiger partial charge in [-0.25, -0.2) is 9.95 Å². The molecule has 0 amide bonds. The number of fused-ring (bicyclic) bond motifs is 1. The second-order valence-corrected chi connectivity index (χ2v) is 3.01. The van der Waals surface area contributed by atoms with Crippen LogP contribution in [0.3, 0.4) is 0 Å². The quantitative estimate of drug-likeness (QED) is 0.727. The molecule has 0 aliphatic rings. The summed E-state index contributed by atoms with van der Waals surface area (Å²) in [5.41, 5.74) is 0.372. The highest BCUT2D eigenvalue weighted by molar-refractivity contribution is 9.10. The standard InChI is InChI=1S/C7H4BrNO2/c8-4-2-1-3-5-6(4)7(10)11-9-5/h1-3,9H. The third-order valence-corrected chi connectivity index (χ3v) is 2.13. The second kappa shape index (κ2) is 2.23. The third-order valence-electron chi connectivity index (χ3n) is 1.47. The zero-order valence-electron chi connectivity index (χ0n) is 5.43. The average molecular weight is 214 g/mol. The number of hydrogen-bond acceptors (Lipinski definition) is 2. The Morgan fingerprint density at radius 2 is 2.27 bits per heavy atom. The van der Waals surface area contributed by atoms with Gasteiger partial charge in [-0.2, -0.15) is 0 Å². The summed E-state index contributed by atoms with van der Waals surface area (Å²) in [7, 11) is 0. The van der Waals surface area contributed by atoms with E-state index in [0.717, 1.165) is 4.47 Å². The zero-order chi connectivity index (χ0) is 7.84. The van der Waals surface area contributed by atoms with Gasteiger partial charge in [0, 0.05) is 4.47 Å². The van der Waals surface area contributed by atoms with Crippen LogP contribution < -0.4 is 5.63 Å². The molecule has 0 unspecified atom stereocenters. The molecule has 2 aromatic rings. The Labute approximate surface area is 70.1 Å². The van der Waals surface area contributed by atoms with Gasteiger partial charge in [0.05, 0.1) is 5.52 Å². The molecular weight excluding hydrogens is 210 g/mol. The van der Waals surface area contributed by atoms with E-state index < -0.39 is 0 Å². The molecule has 0 saturated heterocycles. The number of aromatic amines is 1. The van der Waals surface area contributed by atoms with Gasteiger partial charge in [0.25, 0.3) is 0 Å². The smallest absolute Gasteiger partial charge is 0.338 e. The van der Waals surface area contributed by atoms with Gasteiger partial charge in [0.2, 0.25) is 0 Å². The maximum absolute atomic E-state index is 11.0. The number of hydrogen-bond donors (Lipinski definition) is 1. The van der Waals surface area contributed by atoms with Gasteiger partial charge in [-0.3, -0.25) is 0 Å². The lowest BCUT2D eigenvalue weighted by atomic mass is 10.3. The molecular formula is C7H4BrNO2. The molecule has 0 aliphatic heterocycles. The lowest BCUT2D eigenvalue weighted by Crippen LogP contribution is -1.90. The molecule has 1 aromatic carbocycles. The van der Waals surface area contributed by atoms with Gasteiger partial charge < -0.3 is 4.52 Å². The molecule has 0 spiro atoms. The minimum atomic E-state index is -0.340. The summed E-state index contributed by atoms with van der Waals surface area (Å²) in [6, 6.07) is 5.41. The number of halogens is 1. The van der Waals surface area contributed by atoms with Crippen molar-refractivity contribution in [3.05, 3.63) is 33.1 Å². The predicted octanol–water partition coefficient (Wildman–Crippen LogP) is 1.88. The van der Waals surface area contributed by atoms with Gasteiger partial charge in [-0.1, -0.05) is 6.07 Å². The Bertz CT molecular complexity index is 443. The maximum atomic E-state index is 11.0. The van der Waals surface area contributed by atoms with Crippen molar-refractivity contribution in [2.24, 2.45) is 0 Å². The molecule has 56 valence electrons. The second-order valence-electron chi connectivity index (χ2n) is 2.15. The Balaban J connectivity index is 3.08. The van der Waals surface area contributed by atoms with Crippen LogP contribution in [0.4, 0.5) is 0 Å². The fourth-order valence-electron chi connectivity index (χ4n) is 0.969. The average Bonchev–Trinajstić information content (AvgIpc) is 2.34. The fraction of sp³-hybridized carbons (Fsp3) is 0. The van der Waals surface area contributed by atoms with E-state index in [-0.39, 0.29) is 5.63 Å². The van der Waals surface area contributed by atoms with Crippen LogP contribution in [0.5, 0.6) is 0 Å². The Morgan fingerprint density at radius 1 is 1.45 bits per heavy atom. The number of aromatic nitrogens is 1. The van der Waals surface area contributed by atoms with E-state index in [0.29, 0.717) is 10.9 Å². The van der Waals surface area contributed by atoms with Crippen molar-refractivity contribution in [3.63, 3.8) is 0 Å². The van der Waals surface area contributed by atoms with Crippen LogP contribution in [-0.4, -0.2) is 5.16 Å². The molecule has 0 saturated carbocycles. The number of benzene rings is 1. The van der Waals surface area contributed by atoms with E-state index in [4.69, 9.17) is 0 Å². The minimum absolute atomic E-state index is 0.340. The molecule has 1 heterocycles. The van der Waals surface area contributed by atoms with E-state index in [1.165, 1.54) is 0 Å². The van der Waals surface area contributed by atoms with E-state index in [9.17, 15) is 4.79 Å². The first-order chi connectivity index (χ1) is 5.29. The molecule has 0 bridgehead atoms. The van der Waals surface area contributed by atoms with Crippen molar-refractivity contribution in [1.82, 2.24) is 5.16 Å². The van der Waals surface area contributed by atoms with E-state index in [1.54, 1.807) is 12.1 Å². The fourth-order valence-corrected chi connectivity index (χ4v) is 1.50. The lowest BCUT2D eigenvalue weighted by molar-refractivity contribution is 0.400. The largest absolute Gasteiger partial charge is 0.366 e. The molecule has 0 aliphatic carbocycles. The summed E-state index contributed by atoms with van der Waals surface area (Å²) in [6.07, 6.45) is 0. The van der Waals surface area contributed by atoms with Crippen LogP contribution in [0.15, 0.2) is 32.0 Å². The molecule has 4 heteroatoms. The Morgan fingerprint density at radius 3 is 3.00 bits per heavy atom. The Hall–Kier alpha value is -1.03. The van der Waals surface area contributed by atoms with Gasteiger partial charge in [0.15, 0.2) is 0 Å². The molecule has 1 N–H and O–H groups in total. The van der Waals surface area contributed by atoms with Crippen LogP contribution in [0.2, 0.25) is 0 Å². The summed E-state index contributed by atoms with van der Waals surface area (Å²) in [5, 5.41) is 3.07. The first-order valence-electron chi connectivity index (χ1n) is 3.05. The molecule has 0 atom stereocenters. The summed E-state index contributed by atoms with van der Waals surface area (Å²) >= 11 is 3.25. The SMILES string of the molecule is O=c1o[nH]c2cccc(Br)c12. The molecule has 11 heavy (non-hydrogen) atoms. The monoisotopic (exact) mass is 213 g/mol. The summed E-state index contributed by atoms with van der Waals surface area (Å²) in [5.74, 6) is 0. The zero-order valence-corrected chi connectivity index (χ0v) is 7.01. The summed E-state index contributed by atoms with van der Waals surface area (Å²) in [6.45, 7) is 0. The van der Waals surface area contributed by atoms with Gasteiger partial charge in [-0.15, -0.1) is 0 Å². The van der Waals surface area contributed by atoms with Crippen molar-refractivity contribution in [2.45, 2.75) is 0 Å². The summed E-state index contributed by atoms with van der Waals surface area (Å²) < 4.78 is 5.34.